The van der Waals surface area contributed by atoms with E-state index in [4.69, 9.17) is 11.6 Å². The Morgan fingerprint density at radius 1 is 1.47 bits per heavy atom. The molecule has 0 amide bonds. The third-order valence-corrected chi connectivity index (χ3v) is 3.53. The summed E-state index contributed by atoms with van der Waals surface area (Å²) in [6, 6.07) is 3.79. The van der Waals surface area contributed by atoms with Crippen molar-refractivity contribution in [3.05, 3.63) is 45.1 Å². The number of thiazole rings is 1. The molecule has 0 aliphatic carbocycles. The second-order valence-electron chi connectivity index (χ2n) is 3.25. The van der Waals surface area contributed by atoms with E-state index in [1.165, 1.54) is 18.4 Å². The maximum Gasteiger partial charge on any atom is 0.351 e. The van der Waals surface area contributed by atoms with Crippen molar-refractivity contribution >= 4 is 28.9 Å². The van der Waals surface area contributed by atoms with Gasteiger partial charge in [0.05, 0.1) is 12.1 Å². The van der Waals surface area contributed by atoms with Crippen LogP contribution in [0.25, 0.3) is 0 Å². The number of halogens is 1. The van der Waals surface area contributed by atoms with Crippen LogP contribution in [-0.4, -0.2) is 23.0 Å². The molecule has 0 aromatic carbocycles. The molecule has 0 aliphatic rings. The van der Waals surface area contributed by atoms with Gasteiger partial charge in [-0.2, -0.15) is 0 Å². The zero-order valence-corrected chi connectivity index (χ0v) is 10.6. The smallest absolute Gasteiger partial charge is 0.351 e. The highest BCUT2D eigenvalue weighted by atomic mass is 35.5. The first kappa shape index (κ1) is 12.0. The van der Waals surface area contributed by atoms with Crippen molar-refractivity contribution in [2.24, 2.45) is 0 Å². The molecule has 6 heteroatoms. The van der Waals surface area contributed by atoms with Gasteiger partial charge in [-0.05, 0) is 17.7 Å². The molecule has 0 saturated heterocycles. The van der Waals surface area contributed by atoms with Gasteiger partial charge >= 0.3 is 5.97 Å². The quantitative estimate of drug-likeness (QED) is 0.803. The third-order valence-electron chi connectivity index (χ3n) is 2.11. The molecule has 2 heterocycles. The maximum absolute atomic E-state index is 11.4. The van der Waals surface area contributed by atoms with Crippen LogP contribution in [0.4, 0.5) is 0 Å². The monoisotopic (exact) mass is 268 g/mol. The minimum absolute atomic E-state index is 0.200. The molecule has 0 saturated carbocycles. The van der Waals surface area contributed by atoms with Gasteiger partial charge in [-0.15, -0.1) is 11.3 Å². The summed E-state index contributed by atoms with van der Waals surface area (Å²) < 4.78 is 4.62. The number of rotatable bonds is 3. The van der Waals surface area contributed by atoms with Crippen LogP contribution in [0.5, 0.6) is 0 Å². The molecule has 0 bridgehead atoms. The standard InChI is InChI=1S/C11H9ClN2O2S/c1-16-11(15)9-10(12)14-8(17-9)6-7-2-4-13-5-3-7/h2-5H,6H2,1H3. The SMILES string of the molecule is COC(=O)c1sc(Cc2ccncc2)nc1Cl. The molecular weight excluding hydrogens is 260 g/mol. The number of pyridine rings is 1. The molecule has 17 heavy (non-hydrogen) atoms. The summed E-state index contributed by atoms with van der Waals surface area (Å²) in [5, 5.41) is 0.979. The second kappa shape index (κ2) is 5.25. The fourth-order valence-electron chi connectivity index (χ4n) is 1.31. The number of carbonyl (C=O) groups is 1. The molecule has 0 radical (unpaired) electrons. The number of hydrogen-bond donors (Lipinski definition) is 0. The summed E-state index contributed by atoms with van der Waals surface area (Å²) in [5.74, 6) is -0.450. The minimum Gasteiger partial charge on any atom is -0.465 e. The van der Waals surface area contributed by atoms with E-state index in [1.807, 2.05) is 12.1 Å². The van der Waals surface area contributed by atoms with Crippen LogP contribution in [0.1, 0.15) is 20.2 Å². The molecule has 4 nitrogen and oxygen atoms in total. The van der Waals surface area contributed by atoms with Crippen molar-refractivity contribution in [3.8, 4) is 0 Å². The first-order chi connectivity index (χ1) is 8.20. The van der Waals surface area contributed by atoms with Crippen molar-refractivity contribution in [1.82, 2.24) is 9.97 Å². The fraction of sp³-hybridized carbons (Fsp3) is 0.182. The van der Waals surface area contributed by atoms with E-state index in [9.17, 15) is 4.79 Å². The van der Waals surface area contributed by atoms with E-state index >= 15 is 0 Å². The lowest BCUT2D eigenvalue weighted by molar-refractivity contribution is 0.0606. The Bertz CT molecular complexity index is 528. The van der Waals surface area contributed by atoms with Gasteiger partial charge in [-0.25, -0.2) is 9.78 Å². The Labute approximate surface area is 107 Å². The number of aromatic nitrogens is 2. The molecule has 0 N–H and O–H groups in total. The molecule has 0 atom stereocenters. The molecule has 2 aromatic heterocycles. The van der Waals surface area contributed by atoms with E-state index < -0.39 is 5.97 Å². The summed E-state index contributed by atoms with van der Waals surface area (Å²) in [7, 11) is 1.32. The van der Waals surface area contributed by atoms with Crippen LogP contribution in [0.3, 0.4) is 0 Å². The summed E-state index contributed by atoms with van der Waals surface area (Å²) in [4.78, 5) is 19.8. The third kappa shape index (κ3) is 2.81. The normalized spacial score (nSPS) is 10.2. The first-order valence-corrected chi connectivity index (χ1v) is 6.02. The van der Waals surface area contributed by atoms with Crippen LogP contribution in [0, 0.1) is 0 Å². The Balaban J connectivity index is 2.21. The molecule has 0 spiro atoms. The van der Waals surface area contributed by atoms with Gasteiger partial charge in [0, 0.05) is 18.8 Å². The van der Waals surface area contributed by atoms with E-state index in [2.05, 4.69) is 14.7 Å². The average Bonchev–Trinajstić information content (AvgIpc) is 2.70. The van der Waals surface area contributed by atoms with Gasteiger partial charge in [-0.1, -0.05) is 11.6 Å². The van der Waals surface area contributed by atoms with Crippen molar-refractivity contribution in [2.45, 2.75) is 6.42 Å². The van der Waals surface area contributed by atoms with Crippen LogP contribution in [-0.2, 0) is 11.2 Å². The number of nitrogens with zero attached hydrogens (tertiary/aromatic N) is 2. The average molecular weight is 269 g/mol. The molecule has 2 rings (SSSR count). The van der Waals surface area contributed by atoms with Crippen LogP contribution >= 0.6 is 22.9 Å². The molecule has 88 valence electrons. The highest BCUT2D eigenvalue weighted by molar-refractivity contribution is 7.14. The Hall–Kier alpha value is -1.46. The highest BCUT2D eigenvalue weighted by Crippen LogP contribution is 2.25. The van der Waals surface area contributed by atoms with E-state index in [0.717, 1.165) is 10.6 Å². The van der Waals surface area contributed by atoms with Gasteiger partial charge in [-0.3, -0.25) is 4.98 Å². The molecule has 0 fully saturated rings. The van der Waals surface area contributed by atoms with Gasteiger partial charge < -0.3 is 4.74 Å². The summed E-state index contributed by atoms with van der Waals surface area (Å²) in [6.07, 6.45) is 4.06. The topological polar surface area (TPSA) is 52.1 Å². The predicted octanol–water partition coefficient (Wildman–Crippen LogP) is 2.57. The zero-order chi connectivity index (χ0) is 12.3. The number of esters is 1. The number of methoxy groups -OCH3 is 1. The highest BCUT2D eigenvalue weighted by Gasteiger charge is 2.17. The van der Waals surface area contributed by atoms with Crippen molar-refractivity contribution in [3.63, 3.8) is 0 Å². The summed E-state index contributed by atoms with van der Waals surface area (Å²) >= 11 is 7.12. The van der Waals surface area contributed by atoms with E-state index in [-0.39, 0.29) is 5.15 Å². The second-order valence-corrected chi connectivity index (χ2v) is 4.69. The van der Waals surface area contributed by atoms with Gasteiger partial charge in [0.15, 0.2) is 10.0 Å². The summed E-state index contributed by atoms with van der Waals surface area (Å²) in [6.45, 7) is 0. The largest absolute Gasteiger partial charge is 0.465 e. The van der Waals surface area contributed by atoms with Crippen molar-refractivity contribution in [2.75, 3.05) is 7.11 Å². The first-order valence-electron chi connectivity index (χ1n) is 4.83. The zero-order valence-electron chi connectivity index (χ0n) is 9.01. The summed E-state index contributed by atoms with van der Waals surface area (Å²) in [5.41, 5.74) is 1.07. The fourth-order valence-corrected chi connectivity index (χ4v) is 2.57. The lowest BCUT2D eigenvalue weighted by Crippen LogP contribution is -1.98. The Morgan fingerprint density at radius 2 is 2.18 bits per heavy atom. The van der Waals surface area contributed by atoms with Crippen molar-refractivity contribution in [1.29, 1.82) is 0 Å². The lowest BCUT2D eigenvalue weighted by Gasteiger charge is -1.95. The van der Waals surface area contributed by atoms with Crippen LogP contribution < -0.4 is 0 Å². The minimum atomic E-state index is -0.450. The number of carbonyl (C=O) groups excluding carboxylic acids is 1. The Kier molecular flexibility index (Phi) is 3.71. The van der Waals surface area contributed by atoms with E-state index in [1.54, 1.807) is 12.4 Å². The lowest BCUT2D eigenvalue weighted by atomic mass is 10.2. The van der Waals surface area contributed by atoms with Crippen LogP contribution in [0.15, 0.2) is 24.5 Å². The predicted molar refractivity (Wildman–Crippen MR) is 65.5 cm³/mol. The number of ether oxygens (including phenoxy) is 1. The molecule has 0 unspecified atom stereocenters. The molecule has 2 aromatic rings. The molecule has 0 aliphatic heterocycles. The maximum atomic E-state index is 11.4. The van der Waals surface area contributed by atoms with Gasteiger partial charge in [0.2, 0.25) is 0 Å². The number of hydrogen-bond acceptors (Lipinski definition) is 5. The molecular formula is C11H9ClN2O2S. The van der Waals surface area contributed by atoms with E-state index in [0.29, 0.717) is 11.3 Å². The van der Waals surface area contributed by atoms with Gasteiger partial charge in [0.1, 0.15) is 0 Å². The Morgan fingerprint density at radius 3 is 2.82 bits per heavy atom. The van der Waals surface area contributed by atoms with Crippen LogP contribution in [0.2, 0.25) is 5.15 Å². The van der Waals surface area contributed by atoms with Crippen molar-refractivity contribution < 1.29 is 9.53 Å². The van der Waals surface area contributed by atoms with Gasteiger partial charge in [0.25, 0.3) is 0 Å².